The van der Waals surface area contributed by atoms with Gasteiger partial charge in [0.2, 0.25) is 6.79 Å². The predicted molar refractivity (Wildman–Crippen MR) is 113 cm³/mol. The van der Waals surface area contributed by atoms with E-state index in [1.165, 1.54) is 18.2 Å². The number of carbonyl (C=O) groups is 1. The number of alkyl halides is 1. The summed E-state index contributed by atoms with van der Waals surface area (Å²) in [5, 5.41) is 0. The van der Waals surface area contributed by atoms with E-state index in [-0.39, 0.29) is 20.9 Å². The van der Waals surface area contributed by atoms with Gasteiger partial charge in [0.25, 0.3) is 15.9 Å². The molecule has 7 nitrogen and oxygen atoms in total. The molecule has 0 bridgehead atoms. The molecular formula is C20H19BrN2O5S. The SMILES string of the molecule is CC(Br)C(C=CC(=O)N(N)S(=O)(=O)c1ccccc1)=Cc1ccc2c(c1)OCO2. The van der Waals surface area contributed by atoms with Crippen molar-refractivity contribution in [2.75, 3.05) is 6.79 Å². The smallest absolute Gasteiger partial charge is 0.280 e. The minimum atomic E-state index is -4.12. The van der Waals surface area contributed by atoms with Crippen molar-refractivity contribution in [1.82, 2.24) is 4.41 Å². The first-order valence-corrected chi connectivity index (χ1v) is 11.0. The van der Waals surface area contributed by atoms with Crippen molar-refractivity contribution < 1.29 is 22.7 Å². The van der Waals surface area contributed by atoms with E-state index < -0.39 is 15.9 Å². The fraction of sp³-hybridized carbons (Fsp3) is 0.150. The van der Waals surface area contributed by atoms with Crippen LogP contribution in [0.1, 0.15) is 12.5 Å². The van der Waals surface area contributed by atoms with Crippen LogP contribution in [0.15, 0.2) is 71.2 Å². The zero-order valence-electron chi connectivity index (χ0n) is 15.5. The first-order chi connectivity index (χ1) is 13.8. The molecule has 2 N–H and O–H groups in total. The van der Waals surface area contributed by atoms with Crippen LogP contribution in [-0.2, 0) is 14.8 Å². The Balaban J connectivity index is 1.80. The molecule has 152 valence electrons. The summed E-state index contributed by atoms with van der Waals surface area (Å²) in [5.74, 6) is 6.04. The Labute approximate surface area is 177 Å². The number of sulfonamides is 1. The molecule has 0 aliphatic carbocycles. The lowest BCUT2D eigenvalue weighted by Gasteiger charge is -2.15. The molecule has 9 heteroatoms. The van der Waals surface area contributed by atoms with E-state index in [0.29, 0.717) is 11.5 Å². The standard InChI is InChI=1S/C20H19BrN2O5S/c1-14(21)16(11-15-7-9-18-19(12-15)28-13-27-18)8-10-20(24)23(22)29(25,26)17-5-3-2-4-6-17/h2-12,14H,13,22H2,1H3. The van der Waals surface area contributed by atoms with Crippen LogP contribution >= 0.6 is 15.9 Å². The van der Waals surface area contributed by atoms with Gasteiger partial charge in [-0.25, -0.2) is 5.84 Å². The molecule has 1 amide bonds. The number of hydrogen-bond donors (Lipinski definition) is 1. The number of ether oxygens (including phenoxy) is 2. The Kier molecular flexibility index (Phi) is 6.41. The molecule has 0 spiro atoms. The molecule has 29 heavy (non-hydrogen) atoms. The number of hydrogen-bond acceptors (Lipinski definition) is 6. The highest BCUT2D eigenvalue weighted by molar-refractivity contribution is 9.09. The minimum absolute atomic E-state index is 0.0609. The number of carbonyl (C=O) groups excluding carboxylic acids is 1. The third-order valence-electron chi connectivity index (χ3n) is 4.12. The number of fused-ring (bicyclic) bond motifs is 1. The molecule has 1 aliphatic rings. The second-order valence-corrected chi connectivity index (χ2v) is 9.35. The van der Waals surface area contributed by atoms with E-state index in [9.17, 15) is 13.2 Å². The van der Waals surface area contributed by atoms with E-state index in [1.54, 1.807) is 24.3 Å². The third-order valence-corrected chi connectivity index (χ3v) is 6.22. The molecule has 0 saturated carbocycles. The van der Waals surface area contributed by atoms with E-state index >= 15 is 0 Å². The van der Waals surface area contributed by atoms with Crippen molar-refractivity contribution in [2.45, 2.75) is 16.6 Å². The van der Waals surface area contributed by atoms with E-state index in [4.69, 9.17) is 15.3 Å². The zero-order chi connectivity index (χ0) is 21.0. The van der Waals surface area contributed by atoms with Gasteiger partial charge in [0.15, 0.2) is 11.5 Å². The quantitative estimate of drug-likeness (QED) is 0.171. The number of nitrogens with two attached hydrogens (primary N) is 1. The van der Waals surface area contributed by atoms with Crippen LogP contribution in [0.2, 0.25) is 0 Å². The summed E-state index contributed by atoms with van der Waals surface area (Å²) < 4.78 is 35.8. The summed E-state index contributed by atoms with van der Waals surface area (Å²) >= 11 is 3.47. The lowest BCUT2D eigenvalue weighted by Crippen LogP contribution is -2.41. The molecule has 2 aromatic carbocycles. The number of allylic oxidation sites excluding steroid dienone is 2. The maximum absolute atomic E-state index is 12.4. The predicted octanol–water partition coefficient (Wildman–Crippen LogP) is 3.23. The van der Waals surface area contributed by atoms with Gasteiger partial charge >= 0.3 is 0 Å². The Bertz CT molecular complexity index is 1070. The monoisotopic (exact) mass is 478 g/mol. The summed E-state index contributed by atoms with van der Waals surface area (Å²) in [7, 11) is -4.12. The second kappa shape index (κ2) is 8.81. The molecule has 1 atom stereocenters. The van der Waals surface area contributed by atoms with Crippen LogP contribution in [0.3, 0.4) is 0 Å². The maximum Gasteiger partial charge on any atom is 0.280 e. The second-order valence-electron chi connectivity index (χ2n) is 6.16. The van der Waals surface area contributed by atoms with Crippen molar-refractivity contribution in [1.29, 1.82) is 0 Å². The molecule has 0 saturated heterocycles. The van der Waals surface area contributed by atoms with Gasteiger partial charge in [0, 0.05) is 10.9 Å². The van der Waals surface area contributed by atoms with Crippen LogP contribution in [-0.4, -0.2) is 30.4 Å². The summed E-state index contributed by atoms with van der Waals surface area (Å²) in [6.45, 7) is 2.06. The highest BCUT2D eigenvalue weighted by atomic mass is 79.9. The van der Waals surface area contributed by atoms with Crippen LogP contribution in [0.5, 0.6) is 11.5 Å². The molecule has 0 aromatic heterocycles. The van der Waals surface area contributed by atoms with Crippen LogP contribution in [0, 0.1) is 0 Å². The first-order valence-electron chi connectivity index (χ1n) is 8.61. The Morgan fingerprint density at radius 2 is 1.83 bits per heavy atom. The average molecular weight is 479 g/mol. The summed E-state index contributed by atoms with van der Waals surface area (Å²) in [6, 6.07) is 13.0. The molecule has 0 fully saturated rings. The topological polar surface area (TPSA) is 98.9 Å². The maximum atomic E-state index is 12.4. The number of rotatable bonds is 6. The van der Waals surface area contributed by atoms with Crippen LogP contribution < -0.4 is 15.3 Å². The van der Waals surface area contributed by atoms with Crippen LogP contribution in [0.4, 0.5) is 0 Å². The van der Waals surface area contributed by atoms with E-state index in [2.05, 4.69) is 15.9 Å². The Morgan fingerprint density at radius 1 is 1.14 bits per heavy atom. The van der Waals surface area contributed by atoms with Gasteiger partial charge < -0.3 is 9.47 Å². The van der Waals surface area contributed by atoms with E-state index in [0.717, 1.165) is 17.2 Å². The summed E-state index contributed by atoms with van der Waals surface area (Å²) in [5.41, 5.74) is 1.58. The molecular weight excluding hydrogens is 460 g/mol. The van der Waals surface area contributed by atoms with E-state index in [1.807, 2.05) is 25.1 Å². The van der Waals surface area contributed by atoms with Crippen molar-refractivity contribution in [3.63, 3.8) is 0 Å². The van der Waals surface area contributed by atoms with Gasteiger partial charge in [-0.15, -0.1) is 0 Å². The van der Waals surface area contributed by atoms with Crippen molar-refractivity contribution in [2.24, 2.45) is 5.84 Å². The first kappa shape index (κ1) is 21.1. The molecule has 3 rings (SSSR count). The Morgan fingerprint density at radius 3 is 2.52 bits per heavy atom. The highest BCUT2D eigenvalue weighted by Gasteiger charge is 2.24. The number of nitrogens with zero attached hydrogens (tertiary/aromatic N) is 1. The van der Waals surface area contributed by atoms with Gasteiger partial charge in [0.1, 0.15) is 0 Å². The number of hydrazine groups is 1. The fourth-order valence-corrected chi connectivity index (χ4v) is 3.87. The normalized spacial score (nSPS) is 14.8. The molecule has 1 aliphatic heterocycles. The average Bonchev–Trinajstić information content (AvgIpc) is 3.18. The molecule has 1 unspecified atom stereocenters. The lowest BCUT2D eigenvalue weighted by atomic mass is 10.1. The molecule has 1 heterocycles. The van der Waals surface area contributed by atoms with Crippen molar-refractivity contribution in [3.05, 3.63) is 71.8 Å². The summed E-state index contributed by atoms with van der Waals surface area (Å²) in [4.78, 5) is 12.2. The van der Waals surface area contributed by atoms with Crippen molar-refractivity contribution >= 4 is 37.9 Å². The summed E-state index contributed by atoms with van der Waals surface area (Å²) in [6.07, 6.45) is 4.49. The fourth-order valence-electron chi connectivity index (χ4n) is 2.56. The zero-order valence-corrected chi connectivity index (χ0v) is 17.9. The third kappa shape index (κ3) is 4.87. The van der Waals surface area contributed by atoms with Gasteiger partial charge in [0.05, 0.1) is 4.90 Å². The lowest BCUT2D eigenvalue weighted by molar-refractivity contribution is -0.121. The van der Waals surface area contributed by atoms with Gasteiger partial charge in [-0.3, -0.25) is 4.79 Å². The number of benzene rings is 2. The highest BCUT2D eigenvalue weighted by Crippen LogP contribution is 2.33. The minimum Gasteiger partial charge on any atom is -0.454 e. The van der Waals surface area contributed by atoms with Gasteiger partial charge in [-0.2, -0.15) is 12.8 Å². The van der Waals surface area contributed by atoms with Crippen molar-refractivity contribution in [3.8, 4) is 11.5 Å². The van der Waals surface area contributed by atoms with Crippen LogP contribution in [0.25, 0.3) is 6.08 Å². The van der Waals surface area contributed by atoms with Gasteiger partial charge in [-0.05, 0) is 42.3 Å². The number of amides is 1. The Hall–Kier alpha value is -2.62. The molecule has 0 radical (unpaired) electrons. The number of halogens is 1. The largest absolute Gasteiger partial charge is 0.454 e. The molecule has 2 aromatic rings. The van der Waals surface area contributed by atoms with Gasteiger partial charge in [-0.1, -0.05) is 52.3 Å².